The number of aliphatic imine (C=N–C) groups is 1. The van der Waals surface area contributed by atoms with Crippen LogP contribution in [0, 0.1) is 5.41 Å². The minimum Gasteiger partial charge on any atom is -0.444 e. The number of carbonyl (C=O) groups is 1. The number of nitrogens with zero attached hydrogens (tertiary/aromatic N) is 3. The molecule has 1 atom stereocenters. The molecule has 1 N–H and O–H groups in total. The second-order valence-corrected chi connectivity index (χ2v) is 8.89. The molecule has 8 heteroatoms. The molecule has 1 unspecified atom stereocenters. The summed E-state index contributed by atoms with van der Waals surface area (Å²) in [6, 6.07) is 0.259. The molecule has 7 nitrogen and oxygen atoms in total. The van der Waals surface area contributed by atoms with E-state index >= 15 is 0 Å². The van der Waals surface area contributed by atoms with E-state index in [1.807, 2.05) is 25.7 Å². The molecule has 1 saturated heterocycles. The zero-order valence-electron chi connectivity index (χ0n) is 17.1. The first-order valence-corrected chi connectivity index (χ1v) is 9.84. The van der Waals surface area contributed by atoms with Gasteiger partial charge in [0.25, 0.3) is 0 Å². The van der Waals surface area contributed by atoms with Crippen molar-refractivity contribution in [3.63, 3.8) is 0 Å². The molecular weight excluding hydrogens is 459 g/mol. The van der Waals surface area contributed by atoms with E-state index in [0.717, 1.165) is 38.6 Å². The Hall–Kier alpha value is -0.770. The largest absolute Gasteiger partial charge is 0.444 e. The highest BCUT2D eigenvalue weighted by Crippen LogP contribution is 2.43. The molecule has 0 aromatic heterocycles. The molecule has 2 fully saturated rings. The Bertz CT molecular complexity index is 546. The number of nitrogens with one attached hydrogen (secondary N) is 1. The van der Waals surface area contributed by atoms with Crippen LogP contribution in [0.3, 0.4) is 0 Å². The van der Waals surface area contributed by atoms with Crippen molar-refractivity contribution < 1.29 is 14.3 Å². The minimum atomic E-state index is -0.452. The zero-order chi connectivity index (χ0) is 18.8. The highest BCUT2D eigenvalue weighted by molar-refractivity contribution is 14.0. The molecular formula is C19H35IN4O3. The second-order valence-electron chi connectivity index (χ2n) is 8.89. The average Bonchev–Trinajstić information content (AvgIpc) is 2.94. The lowest BCUT2D eigenvalue weighted by molar-refractivity contribution is 0.0136. The number of hydrogen-bond acceptors (Lipinski definition) is 6. The number of hydrogen-bond donors (Lipinski definition) is 1. The number of carbonyl (C=O) groups excluding carboxylic acids is 1. The van der Waals surface area contributed by atoms with Gasteiger partial charge in [0.15, 0.2) is 5.96 Å². The summed E-state index contributed by atoms with van der Waals surface area (Å²) in [4.78, 5) is 21.2. The van der Waals surface area contributed by atoms with Crippen molar-refractivity contribution in [1.82, 2.24) is 15.1 Å². The van der Waals surface area contributed by atoms with Crippen molar-refractivity contribution in [2.24, 2.45) is 10.4 Å². The van der Waals surface area contributed by atoms with Crippen LogP contribution in [0.25, 0.3) is 0 Å². The van der Waals surface area contributed by atoms with Crippen LogP contribution < -0.4 is 5.32 Å². The normalized spacial score (nSPS) is 23.7. The monoisotopic (exact) mass is 494 g/mol. The van der Waals surface area contributed by atoms with Gasteiger partial charge in [-0.2, -0.15) is 0 Å². The molecule has 156 valence electrons. The van der Waals surface area contributed by atoms with Gasteiger partial charge in [0.2, 0.25) is 0 Å². The molecule has 3 rings (SSSR count). The van der Waals surface area contributed by atoms with Crippen LogP contribution in [-0.4, -0.2) is 79.9 Å². The molecule has 1 aliphatic carbocycles. The van der Waals surface area contributed by atoms with Crippen LogP contribution in [0.5, 0.6) is 0 Å². The second kappa shape index (κ2) is 9.15. The number of amides is 1. The first kappa shape index (κ1) is 22.5. The highest BCUT2D eigenvalue weighted by atomic mass is 127. The summed E-state index contributed by atoms with van der Waals surface area (Å²) in [7, 11) is 1.77. The van der Waals surface area contributed by atoms with Crippen LogP contribution in [0.4, 0.5) is 4.79 Å². The Kier molecular flexibility index (Phi) is 7.63. The van der Waals surface area contributed by atoms with E-state index < -0.39 is 5.60 Å². The lowest BCUT2D eigenvalue weighted by Gasteiger charge is -2.43. The van der Waals surface area contributed by atoms with Crippen molar-refractivity contribution in [2.75, 3.05) is 46.4 Å². The number of guanidine groups is 1. The summed E-state index contributed by atoms with van der Waals surface area (Å²) in [5.74, 6) is 1.00. The Balaban J connectivity index is 0.00000261. The number of methoxy groups -OCH3 is 1. The summed E-state index contributed by atoms with van der Waals surface area (Å²) in [5.41, 5.74) is -0.0820. The maximum Gasteiger partial charge on any atom is 0.410 e. The Morgan fingerprint density at radius 1 is 1.33 bits per heavy atom. The van der Waals surface area contributed by atoms with E-state index in [4.69, 9.17) is 14.5 Å². The molecule has 0 aromatic rings. The third-order valence-electron chi connectivity index (χ3n) is 5.73. The molecule has 1 amide bonds. The first-order chi connectivity index (χ1) is 12.3. The number of fused-ring (bicyclic) bond motifs is 1. The van der Waals surface area contributed by atoms with Crippen LogP contribution in [0.15, 0.2) is 4.99 Å². The third kappa shape index (κ3) is 5.62. The van der Waals surface area contributed by atoms with Crippen LogP contribution in [-0.2, 0) is 9.47 Å². The van der Waals surface area contributed by atoms with Gasteiger partial charge in [-0.3, -0.25) is 4.99 Å². The third-order valence-corrected chi connectivity index (χ3v) is 5.73. The number of halogens is 1. The van der Waals surface area contributed by atoms with E-state index in [9.17, 15) is 4.79 Å². The van der Waals surface area contributed by atoms with E-state index in [1.54, 1.807) is 7.11 Å². The van der Waals surface area contributed by atoms with Gasteiger partial charge >= 0.3 is 6.09 Å². The number of piperazine rings is 1. The molecule has 2 heterocycles. The predicted octanol–water partition coefficient (Wildman–Crippen LogP) is 2.69. The fourth-order valence-corrected chi connectivity index (χ4v) is 4.00. The van der Waals surface area contributed by atoms with Gasteiger partial charge in [0, 0.05) is 39.9 Å². The van der Waals surface area contributed by atoms with Crippen molar-refractivity contribution >= 4 is 36.0 Å². The first-order valence-electron chi connectivity index (χ1n) is 9.84. The summed E-state index contributed by atoms with van der Waals surface area (Å²) < 4.78 is 10.8. The summed E-state index contributed by atoms with van der Waals surface area (Å²) in [6.07, 6.45) is 4.75. The van der Waals surface area contributed by atoms with Gasteiger partial charge in [0.1, 0.15) is 5.60 Å². The Labute approximate surface area is 180 Å². The number of ether oxygens (including phenoxy) is 2. The van der Waals surface area contributed by atoms with Gasteiger partial charge in [-0.05, 0) is 45.4 Å². The SMILES string of the molecule is COCCC1(CNC2=NCC3CN(C(=O)OC(C)(C)C)CCN23)CCC1.I. The van der Waals surface area contributed by atoms with Crippen molar-refractivity contribution in [3.05, 3.63) is 0 Å². The van der Waals surface area contributed by atoms with E-state index in [2.05, 4.69) is 10.2 Å². The molecule has 2 aliphatic heterocycles. The molecule has 0 radical (unpaired) electrons. The lowest BCUT2D eigenvalue weighted by atomic mass is 9.67. The predicted molar refractivity (Wildman–Crippen MR) is 117 cm³/mol. The van der Waals surface area contributed by atoms with Gasteiger partial charge < -0.3 is 24.6 Å². The Morgan fingerprint density at radius 3 is 2.67 bits per heavy atom. The van der Waals surface area contributed by atoms with Crippen LogP contribution in [0.1, 0.15) is 46.5 Å². The molecule has 27 heavy (non-hydrogen) atoms. The van der Waals surface area contributed by atoms with Crippen molar-refractivity contribution in [1.29, 1.82) is 0 Å². The Morgan fingerprint density at radius 2 is 2.07 bits per heavy atom. The molecule has 3 aliphatic rings. The molecule has 1 saturated carbocycles. The van der Waals surface area contributed by atoms with Crippen molar-refractivity contribution in [3.8, 4) is 0 Å². The maximum absolute atomic E-state index is 12.3. The summed E-state index contributed by atoms with van der Waals surface area (Å²) >= 11 is 0. The molecule has 0 bridgehead atoms. The fourth-order valence-electron chi connectivity index (χ4n) is 4.00. The topological polar surface area (TPSA) is 66.4 Å². The molecule has 0 spiro atoms. The highest BCUT2D eigenvalue weighted by Gasteiger charge is 2.39. The smallest absolute Gasteiger partial charge is 0.410 e. The fraction of sp³-hybridized carbons (Fsp3) is 0.895. The zero-order valence-corrected chi connectivity index (χ0v) is 19.5. The van der Waals surface area contributed by atoms with Crippen LogP contribution in [0.2, 0.25) is 0 Å². The standard InChI is InChI=1S/C19H34N4O3.HI/c1-18(2,3)26-17(24)22-9-10-23-15(13-22)12-20-16(23)21-14-19(6-5-7-19)8-11-25-4;/h15H,5-14H2,1-4H3,(H,20,21);1H. The average molecular weight is 494 g/mol. The van der Waals surface area contributed by atoms with Gasteiger partial charge in [-0.25, -0.2) is 4.79 Å². The van der Waals surface area contributed by atoms with Gasteiger partial charge in [-0.1, -0.05) is 6.42 Å². The van der Waals surface area contributed by atoms with E-state index in [1.165, 1.54) is 19.3 Å². The molecule has 0 aromatic carbocycles. The number of rotatable bonds is 5. The maximum atomic E-state index is 12.3. The van der Waals surface area contributed by atoms with E-state index in [0.29, 0.717) is 18.5 Å². The minimum absolute atomic E-state index is 0. The lowest BCUT2D eigenvalue weighted by Crippen LogP contribution is -2.58. The van der Waals surface area contributed by atoms with E-state index in [-0.39, 0.29) is 36.1 Å². The van der Waals surface area contributed by atoms with Crippen LogP contribution >= 0.6 is 24.0 Å². The van der Waals surface area contributed by atoms with Crippen molar-refractivity contribution in [2.45, 2.75) is 58.1 Å². The quantitative estimate of drug-likeness (QED) is 0.596. The summed E-state index contributed by atoms with van der Waals surface area (Å²) in [5, 5.41) is 3.60. The summed E-state index contributed by atoms with van der Waals surface area (Å²) in [6.45, 7) is 10.4. The van der Waals surface area contributed by atoms with Gasteiger partial charge in [-0.15, -0.1) is 24.0 Å². The van der Waals surface area contributed by atoms with Gasteiger partial charge in [0.05, 0.1) is 12.6 Å².